The van der Waals surface area contributed by atoms with Crippen LogP contribution in [0.5, 0.6) is 0 Å². The number of anilines is 3. The highest BCUT2D eigenvalue weighted by molar-refractivity contribution is 5.61. The molecule has 0 saturated carbocycles. The molecule has 88 valence electrons. The number of hydrogen-bond donors (Lipinski definition) is 2. The number of nitrogen functional groups attached to an aromatic ring is 1. The van der Waals surface area contributed by atoms with Gasteiger partial charge in [0.2, 0.25) is 0 Å². The van der Waals surface area contributed by atoms with E-state index in [4.69, 9.17) is 5.73 Å². The number of nitrogens with one attached hydrogen (secondary N) is 1. The third-order valence-electron chi connectivity index (χ3n) is 2.49. The molecule has 1 aromatic carbocycles. The van der Waals surface area contributed by atoms with Crippen LogP contribution in [-0.4, -0.2) is 9.97 Å². The Morgan fingerprint density at radius 1 is 1.24 bits per heavy atom. The van der Waals surface area contributed by atoms with Gasteiger partial charge in [-0.25, -0.2) is 9.97 Å². The molecule has 3 N–H and O–H groups in total. The molecule has 0 amide bonds. The Balaban J connectivity index is 2.23. The van der Waals surface area contributed by atoms with E-state index >= 15 is 0 Å². The van der Waals surface area contributed by atoms with Crippen molar-refractivity contribution in [3.05, 3.63) is 42.2 Å². The highest BCUT2D eigenvalue weighted by Crippen LogP contribution is 2.21. The summed E-state index contributed by atoms with van der Waals surface area (Å²) in [5.74, 6) is 1.19. The molecular formula is C13H16N4. The maximum absolute atomic E-state index is 5.62. The van der Waals surface area contributed by atoms with Gasteiger partial charge in [-0.2, -0.15) is 0 Å². The second kappa shape index (κ2) is 5.30. The highest BCUT2D eigenvalue weighted by Gasteiger charge is 2.02. The van der Waals surface area contributed by atoms with Gasteiger partial charge in [-0.15, -0.1) is 0 Å². The number of aromatic nitrogens is 2. The predicted molar refractivity (Wildman–Crippen MR) is 70.2 cm³/mol. The summed E-state index contributed by atoms with van der Waals surface area (Å²) in [5.41, 5.74) is 7.98. The molecule has 4 nitrogen and oxygen atoms in total. The molecule has 0 aliphatic rings. The average Bonchev–Trinajstić information content (AvgIpc) is 2.32. The summed E-state index contributed by atoms with van der Waals surface area (Å²) in [7, 11) is 0. The molecule has 4 heteroatoms. The normalized spacial score (nSPS) is 10.2. The van der Waals surface area contributed by atoms with Crippen molar-refractivity contribution in [3.63, 3.8) is 0 Å². The van der Waals surface area contributed by atoms with E-state index in [2.05, 4.69) is 28.3 Å². The first-order chi connectivity index (χ1) is 8.29. The highest BCUT2D eigenvalue weighted by atomic mass is 15.0. The summed E-state index contributed by atoms with van der Waals surface area (Å²) < 4.78 is 0. The van der Waals surface area contributed by atoms with Crippen LogP contribution in [0.25, 0.3) is 0 Å². The molecule has 0 saturated heterocycles. The van der Waals surface area contributed by atoms with Crippen LogP contribution < -0.4 is 11.1 Å². The zero-order valence-electron chi connectivity index (χ0n) is 9.85. The van der Waals surface area contributed by atoms with E-state index < -0.39 is 0 Å². The minimum Gasteiger partial charge on any atom is -0.384 e. The van der Waals surface area contributed by atoms with E-state index in [9.17, 15) is 0 Å². The summed E-state index contributed by atoms with van der Waals surface area (Å²) in [6.07, 6.45) is 3.62. The number of aryl methyl sites for hydroxylation is 1. The third-order valence-corrected chi connectivity index (χ3v) is 2.49. The minimum atomic E-state index is 0.468. The van der Waals surface area contributed by atoms with E-state index in [1.165, 1.54) is 11.9 Å². The van der Waals surface area contributed by atoms with Gasteiger partial charge in [0.25, 0.3) is 0 Å². The van der Waals surface area contributed by atoms with Gasteiger partial charge in [0.15, 0.2) is 0 Å². The van der Waals surface area contributed by atoms with Crippen molar-refractivity contribution >= 4 is 17.3 Å². The summed E-state index contributed by atoms with van der Waals surface area (Å²) in [5, 5.41) is 3.27. The van der Waals surface area contributed by atoms with E-state index in [0.717, 1.165) is 24.3 Å². The Kier molecular flexibility index (Phi) is 3.55. The number of nitrogens with two attached hydrogens (primary N) is 1. The fourth-order valence-electron chi connectivity index (χ4n) is 1.71. The van der Waals surface area contributed by atoms with Crippen LogP contribution in [0.3, 0.4) is 0 Å². The standard InChI is InChI=1S/C13H16N4/c1-2-5-10-6-3-4-7-11(10)17-13-8-12(14)15-9-16-13/h3-4,6-9H,2,5H2,1H3,(H3,14,15,16,17). The van der Waals surface area contributed by atoms with Gasteiger partial charge in [0.1, 0.15) is 18.0 Å². The molecule has 0 aliphatic carbocycles. The fourth-order valence-corrected chi connectivity index (χ4v) is 1.71. The lowest BCUT2D eigenvalue weighted by atomic mass is 10.1. The molecular weight excluding hydrogens is 212 g/mol. The third kappa shape index (κ3) is 2.93. The molecule has 0 atom stereocenters. The number of hydrogen-bond acceptors (Lipinski definition) is 4. The van der Waals surface area contributed by atoms with Crippen molar-refractivity contribution in [1.29, 1.82) is 0 Å². The molecule has 0 unspecified atom stereocenters. The van der Waals surface area contributed by atoms with Crippen LogP contribution in [0.4, 0.5) is 17.3 Å². The van der Waals surface area contributed by atoms with Gasteiger partial charge in [-0.1, -0.05) is 31.5 Å². The molecule has 1 aromatic heterocycles. The lowest BCUT2D eigenvalue weighted by Crippen LogP contribution is -1.99. The van der Waals surface area contributed by atoms with Crippen molar-refractivity contribution in [2.24, 2.45) is 0 Å². The minimum absolute atomic E-state index is 0.468. The van der Waals surface area contributed by atoms with Gasteiger partial charge >= 0.3 is 0 Å². The van der Waals surface area contributed by atoms with Crippen molar-refractivity contribution < 1.29 is 0 Å². The van der Waals surface area contributed by atoms with Crippen LogP contribution in [0.2, 0.25) is 0 Å². The van der Waals surface area contributed by atoms with Crippen molar-refractivity contribution in [3.8, 4) is 0 Å². The Morgan fingerprint density at radius 3 is 2.82 bits per heavy atom. The van der Waals surface area contributed by atoms with E-state index in [1.54, 1.807) is 6.07 Å². The largest absolute Gasteiger partial charge is 0.384 e. The summed E-state index contributed by atoms with van der Waals surface area (Å²) >= 11 is 0. The van der Waals surface area contributed by atoms with E-state index in [-0.39, 0.29) is 0 Å². The van der Waals surface area contributed by atoms with Crippen LogP contribution in [0, 0.1) is 0 Å². The quantitative estimate of drug-likeness (QED) is 0.844. The molecule has 17 heavy (non-hydrogen) atoms. The summed E-state index contributed by atoms with van der Waals surface area (Å²) in [6.45, 7) is 2.17. The summed E-state index contributed by atoms with van der Waals surface area (Å²) in [6, 6.07) is 9.94. The molecule has 0 radical (unpaired) electrons. The van der Waals surface area contributed by atoms with Crippen LogP contribution in [-0.2, 0) is 6.42 Å². The zero-order valence-corrected chi connectivity index (χ0v) is 9.85. The van der Waals surface area contributed by atoms with Gasteiger partial charge in [-0.3, -0.25) is 0 Å². The first kappa shape index (κ1) is 11.4. The monoisotopic (exact) mass is 228 g/mol. The van der Waals surface area contributed by atoms with E-state index in [1.807, 2.05) is 18.2 Å². The Bertz CT molecular complexity index is 496. The second-order valence-corrected chi connectivity index (χ2v) is 3.86. The van der Waals surface area contributed by atoms with Crippen molar-refractivity contribution in [1.82, 2.24) is 9.97 Å². The fraction of sp³-hybridized carbons (Fsp3) is 0.231. The lowest BCUT2D eigenvalue weighted by Gasteiger charge is -2.10. The van der Waals surface area contributed by atoms with E-state index in [0.29, 0.717) is 5.82 Å². The molecule has 2 aromatic rings. The summed E-state index contributed by atoms with van der Waals surface area (Å²) in [4.78, 5) is 8.00. The molecule has 2 rings (SSSR count). The second-order valence-electron chi connectivity index (χ2n) is 3.86. The Labute approximate surface area is 101 Å². The van der Waals surface area contributed by atoms with Crippen LogP contribution >= 0.6 is 0 Å². The number of nitrogens with zero attached hydrogens (tertiary/aromatic N) is 2. The lowest BCUT2D eigenvalue weighted by molar-refractivity contribution is 0.923. The predicted octanol–water partition coefficient (Wildman–Crippen LogP) is 2.75. The topological polar surface area (TPSA) is 63.8 Å². The Hall–Kier alpha value is -2.10. The first-order valence-corrected chi connectivity index (χ1v) is 5.72. The van der Waals surface area contributed by atoms with Gasteiger partial charge in [0.05, 0.1) is 0 Å². The van der Waals surface area contributed by atoms with Gasteiger partial charge < -0.3 is 11.1 Å². The SMILES string of the molecule is CCCc1ccccc1Nc1cc(N)ncn1. The maximum Gasteiger partial charge on any atom is 0.135 e. The molecule has 0 aliphatic heterocycles. The molecule has 1 heterocycles. The first-order valence-electron chi connectivity index (χ1n) is 5.72. The average molecular weight is 228 g/mol. The smallest absolute Gasteiger partial charge is 0.135 e. The molecule has 0 fully saturated rings. The van der Waals surface area contributed by atoms with Crippen LogP contribution in [0.1, 0.15) is 18.9 Å². The van der Waals surface area contributed by atoms with Gasteiger partial charge in [0, 0.05) is 11.8 Å². The van der Waals surface area contributed by atoms with Gasteiger partial charge in [-0.05, 0) is 18.1 Å². The number of benzene rings is 1. The van der Waals surface area contributed by atoms with Crippen LogP contribution in [0.15, 0.2) is 36.7 Å². The maximum atomic E-state index is 5.62. The number of para-hydroxylation sites is 1. The number of rotatable bonds is 4. The molecule has 0 bridgehead atoms. The zero-order chi connectivity index (χ0) is 12.1. The van der Waals surface area contributed by atoms with Crippen molar-refractivity contribution in [2.45, 2.75) is 19.8 Å². The van der Waals surface area contributed by atoms with Crippen molar-refractivity contribution in [2.75, 3.05) is 11.1 Å². The molecule has 0 spiro atoms. The Morgan fingerprint density at radius 2 is 2.06 bits per heavy atom.